The summed E-state index contributed by atoms with van der Waals surface area (Å²) in [4.78, 5) is 4.05. The Bertz CT molecular complexity index is 507. The quantitative estimate of drug-likeness (QED) is 0.707. The van der Waals surface area contributed by atoms with Gasteiger partial charge in [-0.1, -0.05) is 0 Å². The first-order chi connectivity index (χ1) is 6.72. The molecule has 0 aliphatic rings. The van der Waals surface area contributed by atoms with Crippen molar-refractivity contribution in [1.29, 1.82) is 5.26 Å². The first-order valence-electron chi connectivity index (χ1n) is 4.19. The zero-order chi connectivity index (χ0) is 10.1. The van der Waals surface area contributed by atoms with Gasteiger partial charge in [0.15, 0.2) is 0 Å². The molecule has 0 spiro atoms. The molecule has 0 aliphatic carbocycles. The van der Waals surface area contributed by atoms with Gasteiger partial charge in [0, 0.05) is 0 Å². The molecule has 5 nitrogen and oxygen atoms in total. The van der Waals surface area contributed by atoms with Crippen LogP contribution in [-0.4, -0.2) is 14.6 Å². The standard InChI is InChI=1S/C9H9N5/c1-6-12-5-7-2-3-9(8(11)4-10)14(7)13-6/h2-3,5,8H,11H2,1H3. The van der Waals surface area contributed by atoms with Crippen molar-refractivity contribution in [3.63, 3.8) is 0 Å². The molecule has 0 fully saturated rings. The minimum Gasteiger partial charge on any atom is -0.311 e. The molecule has 1 atom stereocenters. The highest BCUT2D eigenvalue weighted by molar-refractivity contribution is 5.47. The second-order valence-corrected chi connectivity index (χ2v) is 3.01. The highest BCUT2D eigenvalue weighted by Gasteiger charge is 2.10. The van der Waals surface area contributed by atoms with Crippen LogP contribution in [0.3, 0.4) is 0 Å². The van der Waals surface area contributed by atoms with Crippen molar-refractivity contribution in [2.24, 2.45) is 5.73 Å². The summed E-state index contributed by atoms with van der Waals surface area (Å²) in [6.45, 7) is 1.79. The van der Waals surface area contributed by atoms with Gasteiger partial charge in [0.1, 0.15) is 11.9 Å². The maximum atomic E-state index is 8.70. The van der Waals surface area contributed by atoms with Crippen molar-refractivity contribution >= 4 is 5.52 Å². The molecule has 70 valence electrons. The fourth-order valence-corrected chi connectivity index (χ4v) is 1.31. The fourth-order valence-electron chi connectivity index (χ4n) is 1.31. The van der Waals surface area contributed by atoms with E-state index in [0.717, 1.165) is 5.52 Å². The summed E-state index contributed by atoms with van der Waals surface area (Å²) in [7, 11) is 0. The van der Waals surface area contributed by atoms with Gasteiger partial charge in [-0.05, 0) is 19.1 Å². The number of hydrogen-bond acceptors (Lipinski definition) is 4. The van der Waals surface area contributed by atoms with Crippen LogP contribution < -0.4 is 5.73 Å². The van der Waals surface area contributed by atoms with E-state index in [-0.39, 0.29) is 0 Å². The summed E-state index contributed by atoms with van der Waals surface area (Å²) in [6.07, 6.45) is 1.70. The molecule has 0 aliphatic heterocycles. The van der Waals surface area contributed by atoms with Crippen molar-refractivity contribution in [3.8, 4) is 6.07 Å². The Morgan fingerprint density at radius 1 is 1.57 bits per heavy atom. The van der Waals surface area contributed by atoms with Gasteiger partial charge in [0.2, 0.25) is 0 Å². The molecule has 0 radical (unpaired) electrons. The van der Waals surface area contributed by atoms with E-state index >= 15 is 0 Å². The molecule has 0 saturated carbocycles. The smallest absolute Gasteiger partial charge is 0.146 e. The Kier molecular flexibility index (Phi) is 1.91. The van der Waals surface area contributed by atoms with Crippen LogP contribution in [-0.2, 0) is 0 Å². The van der Waals surface area contributed by atoms with Gasteiger partial charge in [-0.2, -0.15) is 10.4 Å². The lowest BCUT2D eigenvalue weighted by molar-refractivity contribution is 0.763. The highest BCUT2D eigenvalue weighted by atomic mass is 15.3. The topological polar surface area (TPSA) is 80.0 Å². The molecule has 2 rings (SSSR count). The molecule has 0 saturated heterocycles. The van der Waals surface area contributed by atoms with Crippen molar-refractivity contribution < 1.29 is 0 Å². The first kappa shape index (κ1) is 8.66. The summed E-state index contributed by atoms with van der Waals surface area (Å²) in [5.41, 5.74) is 7.14. The van der Waals surface area contributed by atoms with Crippen LogP contribution >= 0.6 is 0 Å². The van der Waals surface area contributed by atoms with Gasteiger partial charge in [-0.15, -0.1) is 0 Å². The van der Waals surface area contributed by atoms with E-state index in [1.54, 1.807) is 23.7 Å². The average molecular weight is 187 g/mol. The fraction of sp³-hybridized carbons (Fsp3) is 0.222. The number of hydrogen-bond donors (Lipinski definition) is 1. The van der Waals surface area contributed by atoms with Crippen LogP contribution in [0.2, 0.25) is 0 Å². The van der Waals surface area contributed by atoms with Crippen LogP contribution in [0, 0.1) is 18.3 Å². The number of rotatable bonds is 1. The van der Waals surface area contributed by atoms with Crippen molar-refractivity contribution in [2.75, 3.05) is 0 Å². The van der Waals surface area contributed by atoms with Gasteiger partial charge < -0.3 is 5.73 Å². The summed E-state index contributed by atoms with van der Waals surface area (Å²) in [5, 5.41) is 12.9. The maximum Gasteiger partial charge on any atom is 0.146 e. The predicted octanol–water partition coefficient (Wildman–Crippen LogP) is 0.561. The van der Waals surface area contributed by atoms with Crippen LogP contribution in [0.25, 0.3) is 5.52 Å². The second kappa shape index (κ2) is 3.09. The van der Waals surface area contributed by atoms with Gasteiger partial charge in [0.05, 0.1) is 23.5 Å². The van der Waals surface area contributed by atoms with Crippen LogP contribution in [0.1, 0.15) is 17.6 Å². The molecule has 0 aromatic carbocycles. The van der Waals surface area contributed by atoms with E-state index in [4.69, 9.17) is 11.0 Å². The van der Waals surface area contributed by atoms with Crippen molar-refractivity contribution in [2.45, 2.75) is 13.0 Å². The highest BCUT2D eigenvalue weighted by Crippen LogP contribution is 2.13. The number of fused-ring (bicyclic) bond motifs is 1. The number of nitrogens with zero attached hydrogens (tertiary/aromatic N) is 4. The zero-order valence-corrected chi connectivity index (χ0v) is 7.68. The first-order valence-corrected chi connectivity index (χ1v) is 4.19. The molecule has 2 N–H and O–H groups in total. The molecule has 5 heteroatoms. The lowest BCUT2D eigenvalue weighted by atomic mass is 10.2. The molecular formula is C9H9N5. The van der Waals surface area contributed by atoms with Crippen molar-refractivity contribution in [1.82, 2.24) is 14.6 Å². The summed E-state index contributed by atoms with van der Waals surface area (Å²) in [5.74, 6) is 0.653. The maximum absolute atomic E-state index is 8.70. The third-order valence-electron chi connectivity index (χ3n) is 2.00. The molecule has 0 bridgehead atoms. The minimum atomic E-state index is -0.646. The molecule has 2 aromatic rings. The summed E-state index contributed by atoms with van der Waals surface area (Å²) < 4.78 is 1.65. The zero-order valence-electron chi connectivity index (χ0n) is 7.68. The van der Waals surface area contributed by atoms with Crippen LogP contribution in [0.5, 0.6) is 0 Å². The van der Waals surface area contributed by atoms with E-state index in [1.165, 1.54) is 0 Å². The third-order valence-corrected chi connectivity index (χ3v) is 2.00. The van der Waals surface area contributed by atoms with Gasteiger partial charge in [0.25, 0.3) is 0 Å². The molecule has 2 heterocycles. The Labute approximate surface area is 80.8 Å². The Hall–Kier alpha value is -1.93. The molecule has 14 heavy (non-hydrogen) atoms. The van der Waals surface area contributed by atoms with Gasteiger partial charge >= 0.3 is 0 Å². The minimum absolute atomic E-state index is 0.646. The number of nitrogens with two attached hydrogens (primary N) is 1. The van der Waals surface area contributed by atoms with E-state index in [1.807, 2.05) is 12.1 Å². The van der Waals surface area contributed by atoms with Crippen LogP contribution in [0.4, 0.5) is 0 Å². The van der Waals surface area contributed by atoms with Gasteiger partial charge in [-0.25, -0.2) is 9.50 Å². The molecule has 2 aromatic heterocycles. The normalized spacial score (nSPS) is 12.6. The predicted molar refractivity (Wildman–Crippen MR) is 50.3 cm³/mol. The third kappa shape index (κ3) is 1.22. The Balaban J connectivity index is 2.68. The van der Waals surface area contributed by atoms with E-state index in [0.29, 0.717) is 11.5 Å². The Morgan fingerprint density at radius 2 is 2.36 bits per heavy atom. The number of aromatic nitrogens is 3. The van der Waals surface area contributed by atoms with Crippen LogP contribution in [0.15, 0.2) is 18.3 Å². The monoisotopic (exact) mass is 187 g/mol. The lowest BCUT2D eigenvalue weighted by Gasteiger charge is -2.02. The second-order valence-electron chi connectivity index (χ2n) is 3.01. The van der Waals surface area contributed by atoms with E-state index < -0.39 is 6.04 Å². The molecular weight excluding hydrogens is 178 g/mol. The van der Waals surface area contributed by atoms with E-state index in [9.17, 15) is 0 Å². The largest absolute Gasteiger partial charge is 0.311 e. The van der Waals surface area contributed by atoms with E-state index in [2.05, 4.69) is 10.1 Å². The summed E-state index contributed by atoms with van der Waals surface area (Å²) >= 11 is 0. The average Bonchev–Trinajstić information content (AvgIpc) is 2.59. The van der Waals surface area contributed by atoms with Crippen molar-refractivity contribution in [3.05, 3.63) is 29.8 Å². The molecule has 0 amide bonds. The lowest BCUT2D eigenvalue weighted by Crippen LogP contribution is -2.12. The number of aryl methyl sites for hydroxylation is 1. The Morgan fingerprint density at radius 3 is 3.07 bits per heavy atom. The number of nitriles is 1. The summed E-state index contributed by atoms with van der Waals surface area (Å²) in [6, 6.07) is 4.96. The van der Waals surface area contributed by atoms with Gasteiger partial charge in [-0.3, -0.25) is 0 Å². The SMILES string of the molecule is Cc1ncc2ccc(C(N)C#N)n2n1. The molecule has 1 unspecified atom stereocenters.